The number of hydrogen-bond acceptors (Lipinski definition) is 2. The number of anilines is 1. The first kappa shape index (κ1) is 29.7. The Balaban J connectivity index is 1.07. The van der Waals surface area contributed by atoms with E-state index in [9.17, 15) is 0 Å². The lowest BCUT2D eigenvalue weighted by Crippen LogP contribution is -2.41. The Kier molecular flexibility index (Phi) is 7.33. The van der Waals surface area contributed by atoms with Gasteiger partial charge in [-0.15, -0.1) is 0 Å². The van der Waals surface area contributed by atoms with Crippen molar-refractivity contribution in [3.8, 4) is 11.1 Å². The molecule has 246 valence electrons. The maximum absolute atomic E-state index is 5.49. The van der Waals surface area contributed by atoms with E-state index in [0.717, 1.165) is 57.1 Å². The van der Waals surface area contributed by atoms with Gasteiger partial charge in [0, 0.05) is 46.6 Å². The van der Waals surface area contributed by atoms with Crippen LogP contribution in [0.1, 0.15) is 79.3 Å². The summed E-state index contributed by atoms with van der Waals surface area (Å²) < 4.78 is 2.64. The molecule has 0 amide bonds. The van der Waals surface area contributed by atoms with Crippen molar-refractivity contribution in [2.75, 3.05) is 4.90 Å². The molecule has 1 aromatic heterocycles. The zero-order valence-electron chi connectivity index (χ0n) is 28.6. The molecule has 3 heterocycles. The van der Waals surface area contributed by atoms with Crippen molar-refractivity contribution in [3.63, 3.8) is 0 Å². The molecule has 3 nitrogen and oxygen atoms in total. The van der Waals surface area contributed by atoms with Crippen LogP contribution in [0.2, 0.25) is 0 Å². The molecule has 0 spiro atoms. The van der Waals surface area contributed by atoms with Gasteiger partial charge >= 0.3 is 0 Å². The smallest absolute Gasteiger partial charge is 0.110 e. The van der Waals surface area contributed by atoms with Gasteiger partial charge in [-0.25, -0.2) is 4.99 Å². The lowest BCUT2D eigenvalue weighted by Gasteiger charge is -2.35. The molecular formula is C47H43N3. The molecule has 3 heteroatoms. The summed E-state index contributed by atoms with van der Waals surface area (Å²) in [6.45, 7) is 0. The SMILES string of the molecule is C1=CCCC(C2C=C(c3ccccc3)N=C(N3c4ccc(-c5ccc6c7c(n(C8C=CC=CC8)c6c5)CCC=C7)cc4C4C=CCCC43)C2)=C1. The third-order valence-electron chi connectivity index (χ3n) is 11.9. The molecule has 0 N–H and O–H groups in total. The number of aromatic nitrogens is 1. The van der Waals surface area contributed by atoms with Crippen molar-refractivity contribution >= 4 is 34.2 Å². The Morgan fingerprint density at radius 2 is 1.64 bits per heavy atom. The third-order valence-corrected chi connectivity index (χ3v) is 11.9. The van der Waals surface area contributed by atoms with Gasteiger partial charge in [-0.2, -0.15) is 0 Å². The monoisotopic (exact) mass is 649 g/mol. The summed E-state index contributed by atoms with van der Waals surface area (Å²) in [5.74, 6) is 1.95. The van der Waals surface area contributed by atoms with Crippen LogP contribution in [-0.4, -0.2) is 16.4 Å². The Hall–Kier alpha value is -5.15. The third kappa shape index (κ3) is 4.97. The Morgan fingerprint density at radius 1 is 0.740 bits per heavy atom. The zero-order chi connectivity index (χ0) is 33.0. The van der Waals surface area contributed by atoms with E-state index in [4.69, 9.17) is 4.99 Å². The fourth-order valence-electron chi connectivity index (χ4n) is 9.48. The van der Waals surface area contributed by atoms with Crippen molar-refractivity contribution in [2.45, 2.75) is 69.4 Å². The van der Waals surface area contributed by atoms with Crippen molar-refractivity contribution in [1.29, 1.82) is 0 Å². The number of allylic oxidation sites excluding steroid dienone is 11. The topological polar surface area (TPSA) is 20.5 Å². The Morgan fingerprint density at radius 3 is 2.52 bits per heavy atom. The molecular weight excluding hydrogens is 607 g/mol. The summed E-state index contributed by atoms with van der Waals surface area (Å²) in [7, 11) is 0. The molecule has 4 aliphatic carbocycles. The molecule has 4 atom stereocenters. The van der Waals surface area contributed by atoms with E-state index in [-0.39, 0.29) is 0 Å². The second-order valence-electron chi connectivity index (χ2n) is 14.7. The number of aliphatic imine (C=N–C) groups is 1. The van der Waals surface area contributed by atoms with E-state index in [1.54, 1.807) is 0 Å². The lowest BCUT2D eigenvalue weighted by atomic mass is 9.85. The molecule has 10 rings (SSSR count). The largest absolute Gasteiger partial charge is 0.337 e. The van der Waals surface area contributed by atoms with Crippen molar-refractivity contribution in [1.82, 2.24) is 4.57 Å². The molecule has 3 aromatic carbocycles. The first-order valence-electron chi connectivity index (χ1n) is 18.8. The number of hydrogen-bond donors (Lipinski definition) is 0. The van der Waals surface area contributed by atoms with Crippen LogP contribution in [-0.2, 0) is 6.42 Å². The summed E-state index contributed by atoms with van der Waals surface area (Å²) in [5, 5.41) is 1.38. The van der Waals surface area contributed by atoms with Crippen LogP contribution in [0.5, 0.6) is 0 Å². The number of amidine groups is 1. The van der Waals surface area contributed by atoms with E-state index >= 15 is 0 Å². The number of rotatable bonds is 4. The highest BCUT2D eigenvalue weighted by molar-refractivity contribution is 6.05. The molecule has 0 saturated heterocycles. The minimum atomic E-state index is 0.363. The van der Waals surface area contributed by atoms with Crippen molar-refractivity contribution < 1.29 is 0 Å². The number of fused-ring (bicyclic) bond motifs is 6. The van der Waals surface area contributed by atoms with Crippen LogP contribution in [0.25, 0.3) is 33.8 Å². The number of benzene rings is 3. The number of nitrogens with zero attached hydrogens (tertiary/aromatic N) is 3. The lowest BCUT2D eigenvalue weighted by molar-refractivity contribution is 0.565. The highest BCUT2D eigenvalue weighted by Gasteiger charge is 2.41. The van der Waals surface area contributed by atoms with E-state index in [2.05, 4.69) is 149 Å². The van der Waals surface area contributed by atoms with Crippen LogP contribution in [0.15, 0.2) is 144 Å². The van der Waals surface area contributed by atoms with Gasteiger partial charge in [0.25, 0.3) is 0 Å². The van der Waals surface area contributed by atoms with Gasteiger partial charge in [-0.1, -0.05) is 127 Å². The summed E-state index contributed by atoms with van der Waals surface area (Å²) in [5.41, 5.74) is 13.5. The normalized spacial score (nSPS) is 24.9. The Bertz CT molecular complexity index is 2250. The first-order chi connectivity index (χ1) is 24.8. The van der Waals surface area contributed by atoms with Gasteiger partial charge in [0.15, 0.2) is 0 Å². The van der Waals surface area contributed by atoms with Gasteiger partial charge in [0.2, 0.25) is 0 Å². The van der Waals surface area contributed by atoms with Gasteiger partial charge < -0.3 is 9.47 Å². The summed E-state index contributed by atoms with van der Waals surface area (Å²) in [6, 6.07) is 26.0. The maximum atomic E-state index is 5.49. The van der Waals surface area contributed by atoms with Gasteiger partial charge in [0.1, 0.15) is 5.84 Å². The Labute approximate surface area is 295 Å². The standard InChI is InChI=1S/C47H43N3/c1-4-14-32(15-5-1)36-29-42(33-16-6-2-7-17-33)48-47(31-36)50-44-23-13-11-21-39(44)41-28-34(25-27-45(41)50)35-24-26-40-38-20-10-12-22-43(38)49(46(40)30-35)37-18-8-3-9-19-37/h1-4,6-11,14,16-18,20-21,24-30,36-37,39,44H,5,12-13,15,19,22-23,31H2. The molecule has 6 aliphatic rings. The summed E-state index contributed by atoms with van der Waals surface area (Å²) in [4.78, 5) is 8.13. The van der Waals surface area contributed by atoms with E-state index in [1.165, 1.54) is 61.5 Å². The van der Waals surface area contributed by atoms with Gasteiger partial charge in [-0.3, -0.25) is 0 Å². The first-order valence-corrected chi connectivity index (χ1v) is 18.8. The predicted octanol–water partition coefficient (Wildman–Crippen LogP) is 11.7. The summed E-state index contributed by atoms with van der Waals surface area (Å²) >= 11 is 0. The summed E-state index contributed by atoms with van der Waals surface area (Å²) in [6.07, 6.45) is 36.7. The molecule has 0 radical (unpaired) electrons. The fourth-order valence-corrected chi connectivity index (χ4v) is 9.48. The van der Waals surface area contributed by atoms with Crippen LogP contribution >= 0.6 is 0 Å². The van der Waals surface area contributed by atoms with Crippen LogP contribution < -0.4 is 4.90 Å². The highest BCUT2D eigenvalue weighted by atomic mass is 15.2. The van der Waals surface area contributed by atoms with Crippen LogP contribution in [0.3, 0.4) is 0 Å². The molecule has 4 aromatic rings. The van der Waals surface area contributed by atoms with Crippen LogP contribution in [0.4, 0.5) is 5.69 Å². The zero-order valence-corrected chi connectivity index (χ0v) is 28.6. The molecule has 50 heavy (non-hydrogen) atoms. The van der Waals surface area contributed by atoms with Crippen molar-refractivity contribution in [3.05, 3.63) is 162 Å². The fraction of sp³-hybridized carbons (Fsp3) is 0.255. The average molecular weight is 650 g/mol. The minimum absolute atomic E-state index is 0.363. The second-order valence-corrected chi connectivity index (χ2v) is 14.7. The predicted molar refractivity (Wildman–Crippen MR) is 210 cm³/mol. The quantitative estimate of drug-likeness (QED) is 0.202. The van der Waals surface area contributed by atoms with E-state index in [1.807, 2.05) is 0 Å². The highest BCUT2D eigenvalue weighted by Crippen LogP contribution is 2.49. The average Bonchev–Trinajstić information content (AvgIpc) is 3.71. The van der Waals surface area contributed by atoms with E-state index in [0.29, 0.717) is 23.9 Å². The molecule has 2 aliphatic heterocycles. The molecule has 0 fully saturated rings. The molecule has 0 saturated carbocycles. The molecule has 4 unspecified atom stereocenters. The van der Waals surface area contributed by atoms with Gasteiger partial charge in [-0.05, 0) is 85.4 Å². The minimum Gasteiger partial charge on any atom is -0.337 e. The van der Waals surface area contributed by atoms with E-state index < -0.39 is 0 Å². The molecule has 0 bridgehead atoms. The van der Waals surface area contributed by atoms with Gasteiger partial charge in [0.05, 0.1) is 17.3 Å². The second kappa shape index (κ2) is 12.3. The van der Waals surface area contributed by atoms with Crippen molar-refractivity contribution in [2.24, 2.45) is 10.9 Å². The van der Waals surface area contributed by atoms with Crippen LogP contribution in [0, 0.1) is 5.92 Å². The maximum Gasteiger partial charge on any atom is 0.110 e.